The number of anilines is 1. The number of carbonyl (C=O) groups is 1. The zero-order valence-corrected chi connectivity index (χ0v) is 9.52. The van der Waals surface area contributed by atoms with Crippen molar-refractivity contribution in [2.75, 3.05) is 24.7 Å². The van der Waals surface area contributed by atoms with Crippen molar-refractivity contribution in [2.45, 2.75) is 12.5 Å². The number of halogens is 1. The van der Waals surface area contributed by atoms with E-state index in [1.165, 1.54) is 29.2 Å². The maximum absolute atomic E-state index is 12.8. The number of carbonyl (C=O) groups excluding carboxylic acids is 1. The average Bonchev–Trinajstić information content (AvgIpc) is 2.34. The molecule has 1 amide bonds. The van der Waals surface area contributed by atoms with E-state index in [0.29, 0.717) is 5.69 Å². The molecule has 1 N–H and O–H groups in total. The van der Waals surface area contributed by atoms with Crippen LogP contribution < -0.4 is 4.90 Å². The Bertz CT molecular complexity index is 420. The van der Waals surface area contributed by atoms with Gasteiger partial charge in [0.2, 0.25) is 0 Å². The molecule has 2 rings (SSSR count). The molecule has 1 aromatic carbocycles. The van der Waals surface area contributed by atoms with Crippen molar-refractivity contribution < 1.29 is 19.0 Å². The first-order chi connectivity index (χ1) is 8.04. The van der Waals surface area contributed by atoms with Gasteiger partial charge >= 0.3 is 0 Å². The standard InChI is InChI=1S/C12H14FNO3/c1-12(8-15)7-14(11(16)6-17-12)10-4-2-9(13)3-5-10/h2-5,15H,6-8H2,1H3. The van der Waals surface area contributed by atoms with E-state index >= 15 is 0 Å². The van der Waals surface area contributed by atoms with Crippen molar-refractivity contribution in [1.82, 2.24) is 0 Å². The Morgan fingerprint density at radius 2 is 2.12 bits per heavy atom. The first-order valence-corrected chi connectivity index (χ1v) is 5.35. The van der Waals surface area contributed by atoms with Crippen LogP contribution in [0.1, 0.15) is 6.92 Å². The van der Waals surface area contributed by atoms with E-state index in [-0.39, 0.29) is 31.5 Å². The molecule has 0 spiro atoms. The molecule has 4 nitrogen and oxygen atoms in total. The number of hydrogen-bond acceptors (Lipinski definition) is 3. The van der Waals surface area contributed by atoms with Crippen LogP contribution in [0.4, 0.5) is 10.1 Å². The van der Waals surface area contributed by atoms with Gasteiger partial charge in [0.05, 0.1) is 13.2 Å². The molecular formula is C12H14FNO3. The van der Waals surface area contributed by atoms with Crippen LogP contribution in [0.2, 0.25) is 0 Å². The minimum atomic E-state index is -0.762. The molecule has 0 radical (unpaired) electrons. The van der Waals surface area contributed by atoms with E-state index in [1.54, 1.807) is 6.92 Å². The minimum Gasteiger partial charge on any atom is -0.393 e. The van der Waals surface area contributed by atoms with E-state index in [1.807, 2.05) is 0 Å². The second-order valence-electron chi connectivity index (χ2n) is 4.35. The first kappa shape index (κ1) is 12.0. The lowest BCUT2D eigenvalue weighted by Gasteiger charge is -2.39. The summed E-state index contributed by atoms with van der Waals surface area (Å²) in [5, 5.41) is 9.22. The highest BCUT2D eigenvalue weighted by Gasteiger charge is 2.36. The summed E-state index contributed by atoms with van der Waals surface area (Å²) in [7, 11) is 0. The average molecular weight is 239 g/mol. The summed E-state index contributed by atoms with van der Waals surface area (Å²) in [6.45, 7) is 1.75. The maximum Gasteiger partial charge on any atom is 0.253 e. The zero-order chi connectivity index (χ0) is 12.5. The molecule has 1 fully saturated rings. The summed E-state index contributed by atoms with van der Waals surface area (Å²) < 4.78 is 18.1. The molecule has 0 aromatic heterocycles. The van der Waals surface area contributed by atoms with Gasteiger partial charge in [-0.25, -0.2) is 4.39 Å². The maximum atomic E-state index is 12.8. The number of rotatable bonds is 2. The molecule has 0 saturated carbocycles. The molecule has 92 valence electrons. The molecule has 1 aliphatic heterocycles. The highest BCUT2D eigenvalue weighted by Crippen LogP contribution is 2.24. The van der Waals surface area contributed by atoms with Gasteiger partial charge in [-0.3, -0.25) is 4.79 Å². The smallest absolute Gasteiger partial charge is 0.253 e. The Kier molecular flexibility index (Phi) is 3.13. The van der Waals surface area contributed by atoms with E-state index < -0.39 is 5.60 Å². The lowest BCUT2D eigenvalue weighted by atomic mass is 10.0. The van der Waals surface area contributed by atoms with Gasteiger partial charge in [0.25, 0.3) is 5.91 Å². The summed E-state index contributed by atoms with van der Waals surface area (Å²) in [6.07, 6.45) is 0. The van der Waals surface area contributed by atoms with E-state index in [9.17, 15) is 14.3 Å². The number of nitrogens with zero attached hydrogens (tertiary/aromatic N) is 1. The molecule has 1 unspecified atom stereocenters. The minimum absolute atomic E-state index is 0.0750. The van der Waals surface area contributed by atoms with Gasteiger partial charge < -0.3 is 14.7 Å². The summed E-state index contributed by atoms with van der Waals surface area (Å²) in [5.41, 5.74) is -0.151. The number of morpholine rings is 1. The van der Waals surface area contributed by atoms with Crippen LogP contribution in [0.3, 0.4) is 0 Å². The quantitative estimate of drug-likeness (QED) is 0.835. The second-order valence-corrected chi connectivity index (χ2v) is 4.35. The fraction of sp³-hybridized carbons (Fsp3) is 0.417. The third-order valence-electron chi connectivity index (χ3n) is 2.81. The van der Waals surface area contributed by atoms with Crippen LogP contribution in [-0.4, -0.2) is 36.4 Å². The molecule has 1 atom stereocenters. The van der Waals surface area contributed by atoms with Gasteiger partial charge in [-0.05, 0) is 31.2 Å². The molecule has 0 bridgehead atoms. The van der Waals surface area contributed by atoms with Crippen LogP contribution in [0, 0.1) is 5.82 Å². The number of aliphatic hydroxyl groups excluding tert-OH is 1. The van der Waals surface area contributed by atoms with Crippen molar-refractivity contribution in [1.29, 1.82) is 0 Å². The van der Waals surface area contributed by atoms with Gasteiger partial charge in [-0.15, -0.1) is 0 Å². The Morgan fingerprint density at radius 1 is 1.47 bits per heavy atom. The Labute approximate surface area is 98.6 Å². The van der Waals surface area contributed by atoms with Gasteiger partial charge in [-0.1, -0.05) is 0 Å². The van der Waals surface area contributed by atoms with Crippen molar-refractivity contribution in [3.8, 4) is 0 Å². The predicted molar refractivity (Wildman–Crippen MR) is 60.2 cm³/mol. The van der Waals surface area contributed by atoms with E-state index in [4.69, 9.17) is 4.74 Å². The van der Waals surface area contributed by atoms with Gasteiger partial charge in [-0.2, -0.15) is 0 Å². The summed E-state index contributed by atoms with van der Waals surface area (Å²) in [4.78, 5) is 13.2. The Morgan fingerprint density at radius 3 is 2.71 bits per heavy atom. The largest absolute Gasteiger partial charge is 0.393 e. The third-order valence-corrected chi connectivity index (χ3v) is 2.81. The molecular weight excluding hydrogens is 225 g/mol. The third kappa shape index (κ3) is 2.45. The summed E-state index contributed by atoms with van der Waals surface area (Å²) in [6, 6.07) is 5.68. The van der Waals surface area contributed by atoms with Crippen molar-refractivity contribution in [2.24, 2.45) is 0 Å². The molecule has 1 aliphatic rings. The first-order valence-electron chi connectivity index (χ1n) is 5.35. The predicted octanol–water partition coefficient (Wildman–Crippen LogP) is 0.940. The van der Waals surface area contributed by atoms with Crippen LogP contribution in [0.15, 0.2) is 24.3 Å². The van der Waals surface area contributed by atoms with E-state index in [0.717, 1.165) is 0 Å². The lowest BCUT2D eigenvalue weighted by molar-refractivity contribution is -0.141. The van der Waals surface area contributed by atoms with Crippen LogP contribution >= 0.6 is 0 Å². The highest BCUT2D eigenvalue weighted by molar-refractivity contribution is 5.95. The topological polar surface area (TPSA) is 49.8 Å². The molecule has 5 heteroatoms. The number of ether oxygens (including phenoxy) is 1. The number of benzene rings is 1. The Hall–Kier alpha value is -1.46. The lowest BCUT2D eigenvalue weighted by Crippen LogP contribution is -2.55. The van der Waals surface area contributed by atoms with Gasteiger partial charge in [0, 0.05) is 5.69 Å². The normalized spacial score (nSPS) is 25.1. The second kappa shape index (κ2) is 4.43. The van der Waals surface area contributed by atoms with Gasteiger partial charge in [0.15, 0.2) is 0 Å². The Balaban J connectivity index is 2.24. The van der Waals surface area contributed by atoms with Crippen LogP contribution in [0.25, 0.3) is 0 Å². The summed E-state index contributed by atoms with van der Waals surface area (Å²) >= 11 is 0. The number of amides is 1. The summed E-state index contributed by atoms with van der Waals surface area (Å²) in [5.74, 6) is -0.540. The van der Waals surface area contributed by atoms with Crippen LogP contribution in [-0.2, 0) is 9.53 Å². The van der Waals surface area contributed by atoms with Crippen molar-refractivity contribution >= 4 is 11.6 Å². The molecule has 1 saturated heterocycles. The molecule has 17 heavy (non-hydrogen) atoms. The fourth-order valence-corrected chi connectivity index (χ4v) is 1.73. The molecule has 1 aromatic rings. The van der Waals surface area contributed by atoms with Gasteiger partial charge in [0.1, 0.15) is 18.0 Å². The van der Waals surface area contributed by atoms with E-state index in [2.05, 4.69) is 0 Å². The number of hydrogen-bond donors (Lipinski definition) is 1. The monoisotopic (exact) mass is 239 g/mol. The zero-order valence-electron chi connectivity index (χ0n) is 9.52. The van der Waals surface area contributed by atoms with Crippen LogP contribution in [0.5, 0.6) is 0 Å². The SMILES string of the molecule is CC1(CO)CN(c2ccc(F)cc2)C(=O)CO1. The van der Waals surface area contributed by atoms with Crippen molar-refractivity contribution in [3.63, 3.8) is 0 Å². The molecule has 0 aliphatic carbocycles. The molecule has 1 heterocycles. The highest BCUT2D eigenvalue weighted by atomic mass is 19.1. The number of aliphatic hydroxyl groups is 1. The fourth-order valence-electron chi connectivity index (χ4n) is 1.73. The van der Waals surface area contributed by atoms with Crippen molar-refractivity contribution in [3.05, 3.63) is 30.1 Å².